The van der Waals surface area contributed by atoms with Crippen LogP contribution in [0.2, 0.25) is 0 Å². The molecule has 0 fully saturated rings. The molecule has 1 unspecified atom stereocenters. The van der Waals surface area contributed by atoms with Gasteiger partial charge in [-0.05, 0) is 18.9 Å². The van der Waals surface area contributed by atoms with Gasteiger partial charge in [0.1, 0.15) is 0 Å². The van der Waals surface area contributed by atoms with Crippen molar-refractivity contribution < 1.29 is 4.79 Å². The van der Waals surface area contributed by atoms with Crippen LogP contribution in [0.25, 0.3) is 0 Å². The third kappa shape index (κ3) is 2.67. The summed E-state index contributed by atoms with van der Waals surface area (Å²) >= 11 is 0. The van der Waals surface area contributed by atoms with Crippen molar-refractivity contribution in [1.29, 1.82) is 0 Å². The van der Waals surface area contributed by atoms with Gasteiger partial charge in [0.25, 0.3) is 0 Å². The molecule has 0 heterocycles. The highest BCUT2D eigenvalue weighted by atomic mass is 16.1. The quantitative estimate of drug-likeness (QED) is 0.790. The second-order valence-electron chi connectivity index (χ2n) is 3.86. The topological polar surface area (TPSA) is 43.1 Å². The van der Waals surface area contributed by atoms with E-state index in [1.165, 1.54) is 0 Å². The summed E-state index contributed by atoms with van der Waals surface area (Å²) in [6, 6.07) is 9.70. The van der Waals surface area contributed by atoms with E-state index in [1.807, 2.05) is 37.3 Å². The Hall–Kier alpha value is -1.15. The number of carbonyl (C=O) groups excluding carboxylic acids is 1. The molecule has 76 valence electrons. The van der Waals surface area contributed by atoms with Crippen LogP contribution in [0.15, 0.2) is 30.3 Å². The molecule has 1 rings (SSSR count). The predicted octanol–water partition coefficient (Wildman–Crippen LogP) is 1.93. The molecule has 0 radical (unpaired) electrons. The van der Waals surface area contributed by atoms with Crippen LogP contribution >= 0.6 is 0 Å². The summed E-state index contributed by atoms with van der Waals surface area (Å²) in [6.45, 7) is 3.72. The highest BCUT2D eigenvalue weighted by Crippen LogP contribution is 2.10. The zero-order valence-electron chi connectivity index (χ0n) is 8.79. The third-order valence-electron chi connectivity index (χ3n) is 2.58. The van der Waals surface area contributed by atoms with Crippen LogP contribution in [0, 0.1) is 0 Å². The molecular formula is C12H17NO. The van der Waals surface area contributed by atoms with Crippen molar-refractivity contribution in [2.45, 2.75) is 32.2 Å². The van der Waals surface area contributed by atoms with E-state index in [0.29, 0.717) is 12.8 Å². The largest absolute Gasteiger partial charge is 0.319 e. The second kappa shape index (κ2) is 4.38. The van der Waals surface area contributed by atoms with E-state index in [9.17, 15) is 4.79 Å². The fourth-order valence-corrected chi connectivity index (χ4v) is 1.18. The molecule has 2 heteroatoms. The molecule has 0 spiro atoms. The number of ketones is 1. The average molecular weight is 191 g/mol. The molecule has 0 aliphatic rings. The first-order valence-electron chi connectivity index (χ1n) is 4.92. The van der Waals surface area contributed by atoms with Gasteiger partial charge in [-0.2, -0.15) is 0 Å². The Bertz CT molecular complexity index is 303. The van der Waals surface area contributed by atoms with Gasteiger partial charge in [-0.3, -0.25) is 4.79 Å². The molecule has 0 bridgehead atoms. The summed E-state index contributed by atoms with van der Waals surface area (Å²) < 4.78 is 0. The first kappa shape index (κ1) is 10.9. The molecule has 0 aliphatic heterocycles. The van der Waals surface area contributed by atoms with Gasteiger partial charge < -0.3 is 5.73 Å². The number of hydrogen-bond donors (Lipinski definition) is 1. The highest BCUT2D eigenvalue weighted by Gasteiger charge is 2.25. The number of hydrogen-bond acceptors (Lipinski definition) is 2. The Morgan fingerprint density at radius 3 is 2.43 bits per heavy atom. The fourth-order valence-electron chi connectivity index (χ4n) is 1.18. The number of nitrogens with two attached hydrogens (primary N) is 1. The maximum Gasteiger partial charge on any atom is 0.156 e. The number of Topliss-reactive ketones (excluding diaryl/α,β-unsaturated/α-hetero) is 1. The van der Waals surface area contributed by atoms with Crippen molar-refractivity contribution in [3.8, 4) is 0 Å². The fraction of sp³-hybridized carbons (Fsp3) is 0.417. The molecule has 0 aliphatic carbocycles. The molecule has 14 heavy (non-hydrogen) atoms. The highest BCUT2D eigenvalue weighted by molar-refractivity contribution is 5.89. The van der Waals surface area contributed by atoms with Crippen LogP contribution < -0.4 is 5.73 Å². The van der Waals surface area contributed by atoms with E-state index in [2.05, 4.69) is 0 Å². The van der Waals surface area contributed by atoms with Gasteiger partial charge in [-0.15, -0.1) is 0 Å². The molecule has 0 saturated heterocycles. The summed E-state index contributed by atoms with van der Waals surface area (Å²) in [5.41, 5.74) is 6.20. The summed E-state index contributed by atoms with van der Waals surface area (Å²) in [5, 5.41) is 0. The maximum absolute atomic E-state index is 11.7. The van der Waals surface area contributed by atoms with E-state index in [1.54, 1.807) is 6.92 Å². The zero-order valence-corrected chi connectivity index (χ0v) is 8.79. The van der Waals surface area contributed by atoms with Gasteiger partial charge in [0, 0.05) is 6.42 Å². The third-order valence-corrected chi connectivity index (χ3v) is 2.58. The molecule has 1 aromatic rings. The molecule has 1 aromatic carbocycles. The van der Waals surface area contributed by atoms with Gasteiger partial charge >= 0.3 is 0 Å². The van der Waals surface area contributed by atoms with E-state index in [4.69, 9.17) is 5.73 Å². The Labute approximate surface area is 85.1 Å². The number of carbonyl (C=O) groups is 1. The minimum Gasteiger partial charge on any atom is -0.319 e. The first-order chi connectivity index (χ1) is 6.56. The van der Waals surface area contributed by atoms with Crippen LogP contribution in [0.5, 0.6) is 0 Å². The molecule has 0 saturated carbocycles. The summed E-state index contributed by atoms with van der Waals surface area (Å²) in [4.78, 5) is 11.7. The maximum atomic E-state index is 11.7. The van der Waals surface area contributed by atoms with E-state index < -0.39 is 5.54 Å². The van der Waals surface area contributed by atoms with Crippen molar-refractivity contribution in [3.05, 3.63) is 35.9 Å². The van der Waals surface area contributed by atoms with Crippen LogP contribution in [-0.2, 0) is 11.2 Å². The lowest BCUT2D eigenvalue weighted by Crippen LogP contribution is -2.45. The number of rotatable bonds is 4. The van der Waals surface area contributed by atoms with Crippen molar-refractivity contribution in [2.75, 3.05) is 0 Å². The van der Waals surface area contributed by atoms with Crippen molar-refractivity contribution >= 4 is 5.78 Å². The Morgan fingerprint density at radius 1 is 1.36 bits per heavy atom. The number of benzene rings is 1. The van der Waals surface area contributed by atoms with Gasteiger partial charge in [0.05, 0.1) is 5.54 Å². The van der Waals surface area contributed by atoms with Crippen LogP contribution in [0.4, 0.5) is 0 Å². The minimum atomic E-state index is -0.685. The molecule has 2 N–H and O–H groups in total. The van der Waals surface area contributed by atoms with Gasteiger partial charge in [-0.1, -0.05) is 37.3 Å². The molecule has 1 atom stereocenters. The first-order valence-corrected chi connectivity index (χ1v) is 4.92. The lowest BCUT2D eigenvalue weighted by atomic mass is 9.90. The normalized spacial score (nSPS) is 14.8. The molecular weight excluding hydrogens is 174 g/mol. The van der Waals surface area contributed by atoms with E-state index in [-0.39, 0.29) is 5.78 Å². The molecule has 0 aromatic heterocycles. The smallest absolute Gasteiger partial charge is 0.156 e. The Kier molecular flexibility index (Phi) is 3.42. The van der Waals surface area contributed by atoms with Gasteiger partial charge in [0.2, 0.25) is 0 Å². The average Bonchev–Trinajstić information content (AvgIpc) is 2.19. The van der Waals surface area contributed by atoms with E-state index >= 15 is 0 Å². The van der Waals surface area contributed by atoms with Crippen molar-refractivity contribution in [3.63, 3.8) is 0 Å². The Morgan fingerprint density at radius 2 is 1.93 bits per heavy atom. The van der Waals surface area contributed by atoms with Crippen LogP contribution in [0.1, 0.15) is 25.8 Å². The van der Waals surface area contributed by atoms with Gasteiger partial charge in [0.15, 0.2) is 5.78 Å². The van der Waals surface area contributed by atoms with Crippen LogP contribution in [-0.4, -0.2) is 11.3 Å². The van der Waals surface area contributed by atoms with E-state index in [0.717, 1.165) is 5.56 Å². The molecule has 0 amide bonds. The SMILES string of the molecule is CCC(C)(N)C(=O)Cc1ccccc1. The second-order valence-corrected chi connectivity index (χ2v) is 3.86. The summed E-state index contributed by atoms with van der Waals surface area (Å²) in [5.74, 6) is 0.103. The Balaban J connectivity index is 2.67. The minimum absolute atomic E-state index is 0.103. The lowest BCUT2D eigenvalue weighted by Gasteiger charge is -2.20. The molecule has 2 nitrogen and oxygen atoms in total. The van der Waals surface area contributed by atoms with Gasteiger partial charge in [-0.25, -0.2) is 0 Å². The summed E-state index contributed by atoms with van der Waals surface area (Å²) in [6.07, 6.45) is 1.11. The predicted molar refractivity (Wildman–Crippen MR) is 58.0 cm³/mol. The standard InChI is InChI=1S/C12H17NO/c1-3-12(2,13)11(14)9-10-7-5-4-6-8-10/h4-8H,3,9,13H2,1-2H3. The zero-order chi connectivity index (χ0) is 10.6. The van der Waals surface area contributed by atoms with Crippen molar-refractivity contribution in [2.24, 2.45) is 5.73 Å². The monoisotopic (exact) mass is 191 g/mol. The summed E-state index contributed by atoms with van der Waals surface area (Å²) in [7, 11) is 0. The van der Waals surface area contributed by atoms with Crippen molar-refractivity contribution in [1.82, 2.24) is 0 Å². The van der Waals surface area contributed by atoms with Crippen LogP contribution in [0.3, 0.4) is 0 Å². The lowest BCUT2D eigenvalue weighted by molar-refractivity contribution is -0.123.